The summed E-state index contributed by atoms with van der Waals surface area (Å²) in [6.45, 7) is 4.22. The third-order valence-corrected chi connectivity index (χ3v) is 3.29. The van der Waals surface area contributed by atoms with Crippen molar-refractivity contribution in [3.8, 4) is 5.75 Å². The Hall–Kier alpha value is -1.94. The average molecular weight is 259 g/mol. The normalized spacial score (nSPS) is 14.1. The largest absolute Gasteiger partial charge is 0.490 e. The van der Waals surface area contributed by atoms with Crippen molar-refractivity contribution >= 4 is 5.69 Å². The second-order valence-corrected chi connectivity index (χ2v) is 4.77. The second-order valence-electron chi connectivity index (χ2n) is 4.77. The minimum absolute atomic E-state index is 0.0567. The van der Waals surface area contributed by atoms with Crippen LogP contribution in [0.1, 0.15) is 17.1 Å². The number of benzene rings is 1. The fraction of sp³-hybridized carbons (Fsp3) is 0.333. The van der Waals surface area contributed by atoms with Crippen LogP contribution in [0.2, 0.25) is 0 Å². The highest BCUT2D eigenvalue weighted by Gasteiger charge is 2.19. The molecule has 0 spiro atoms. The molecule has 1 aliphatic rings. The number of aliphatic hydroxyl groups is 1. The summed E-state index contributed by atoms with van der Waals surface area (Å²) in [5.74, 6) is 2.39. The van der Waals surface area contributed by atoms with Crippen LogP contribution in [0.3, 0.4) is 0 Å². The molecule has 0 aliphatic carbocycles. The molecule has 0 radical (unpaired) electrons. The monoisotopic (exact) mass is 259 g/mol. The lowest BCUT2D eigenvalue weighted by Gasteiger charge is -2.30. The quantitative estimate of drug-likeness (QED) is 0.919. The number of anilines is 1. The molecule has 2 aromatic rings. The number of aryl methyl sites for hydroxylation is 1. The first-order valence-corrected chi connectivity index (χ1v) is 6.43. The third-order valence-electron chi connectivity index (χ3n) is 3.29. The van der Waals surface area contributed by atoms with E-state index < -0.39 is 0 Å². The minimum Gasteiger partial charge on any atom is -0.490 e. The van der Waals surface area contributed by atoms with E-state index in [9.17, 15) is 0 Å². The van der Waals surface area contributed by atoms with Gasteiger partial charge in [0.05, 0.1) is 18.8 Å². The predicted molar refractivity (Wildman–Crippen MR) is 72.4 cm³/mol. The molecule has 0 fully saturated rings. The van der Waals surface area contributed by atoms with Gasteiger partial charge in [-0.15, -0.1) is 0 Å². The zero-order valence-electron chi connectivity index (χ0n) is 10.9. The van der Waals surface area contributed by atoms with E-state index in [1.165, 1.54) is 5.56 Å². The van der Waals surface area contributed by atoms with Gasteiger partial charge in [-0.1, -0.05) is 6.07 Å². The molecule has 0 unspecified atom stereocenters. The lowest BCUT2D eigenvalue weighted by molar-refractivity contribution is 0.242. The van der Waals surface area contributed by atoms with Gasteiger partial charge < -0.3 is 19.2 Å². The molecular formula is C15H17NO3. The van der Waals surface area contributed by atoms with Gasteiger partial charge in [-0.25, -0.2) is 0 Å². The highest BCUT2D eigenvalue weighted by molar-refractivity contribution is 5.61. The van der Waals surface area contributed by atoms with Crippen LogP contribution in [-0.4, -0.2) is 18.3 Å². The van der Waals surface area contributed by atoms with Crippen LogP contribution in [0.25, 0.3) is 0 Å². The standard InChI is InChI=1S/C15H17NO3/c1-11-2-5-14-15(8-11)18-7-6-16(14)9-12-3-4-13(10-17)19-12/h2-5,8,17H,6-7,9-10H2,1H3. The number of hydrogen-bond donors (Lipinski definition) is 1. The number of hydrogen-bond acceptors (Lipinski definition) is 4. The topological polar surface area (TPSA) is 45.8 Å². The van der Waals surface area contributed by atoms with E-state index in [0.717, 1.165) is 23.7 Å². The minimum atomic E-state index is -0.0567. The van der Waals surface area contributed by atoms with Crippen LogP contribution in [0, 0.1) is 6.92 Å². The maximum atomic E-state index is 9.02. The zero-order valence-corrected chi connectivity index (χ0v) is 10.9. The Morgan fingerprint density at radius 3 is 2.84 bits per heavy atom. The van der Waals surface area contributed by atoms with E-state index in [4.69, 9.17) is 14.3 Å². The van der Waals surface area contributed by atoms with Gasteiger partial charge >= 0.3 is 0 Å². The molecule has 0 amide bonds. The summed E-state index contributed by atoms with van der Waals surface area (Å²) in [7, 11) is 0. The van der Waals surface area contributed by atoms with Crippen molar-refractivity contribution in [2.45, 2.75) is 20.1 Å². The molecule has 0 bridgehead atoms. The van der Waals surface area contributed by atoms with Crippen molar-refractivity contribution < 1.29 is 14.3 Å². The Morgan fingerprint density at radius 1 is 1.21 bits per heavy atom. The first kappa shape index (κ1) is 12.1. The predicted octanol–water partition coefficient (Wildman–Crippen LogP) is 2.48. The summed E-state index contributed by atoms with van der Waals surface area (Å²) in [5.41, 5.74) is 2.29. The van der Waals surface area contributed by atoms with Gasteiger partial charge in [0.25, 0.3) is 0 Å². The zero-order chi connectivity index (χ0) is 13.2. The van der Waals surface area contributed by atoms with Gasteiger partial charge in [0.2, 0.25) is 0 Å². The van der Waals surface area contributed by atoms with Crippen LogP contribution in [0.15, 0.2) is 34.7 Å². The summed E-state index contributed by atoms with van der Waals surface area (Å²) in [4.78, 5) is 2.23. The lowest BCUT2D eigenvalue weighted by atomic mass is 10.1. The van der Waals surface area contributed by atoms with E-state index in [2.05, 4.69) is 30.0 Å². The van der Waals surface area contributed by atoms with Crippen LogP contribution < -0.4 is 9.64 Å². The van der Waals surface area contributed by atoms with Gasteiger partial charge in [0.1, 0.15) is 30.5 Å². The molecule has 100 valence electrons. The van der Waals surface area contributed by atoms with E-state index in [-0.39, 0.29) is 6.61 Å². The van der Waals surface area contributed by atoms with Crippen LogP contribution >= 0.6 is 0 Å². The first-order valence-electron chi connectivity index (χ1n) is 6.43. The van der Waals surface area contributed by atoms with Gasteiger partial charge in [0.15, 0.2) is 0 Å². The molecule has 0 atom stereocenters. The molecule has 4 heteroatoms. The fourth-order valence-corrected chi connectivity index (χ4v) is 2.33. The van der Waals surface area contributed by atoms with Crippen molar-refractivity contribution in [3.05, 3.63) is 47.4 Å². The van der Waals surface area contributed by atoms with Crippen LogP contribution in [0.4, 0.5) is 5.69 Å². The van der Waals surface area contributed by atoms with E-state index in [1.807, 2.05) is 12.1 Å². The van der Waals surface area contributed by atoms with E-state index in [1.54, 1.807) is 0 Å². The van der Waals surface area contributed by atoms with Crippen molar-refractivity contribution in [1.82, 2.24) is 0 Å². The van der Waals surface area contributed by atoms with Crippen molar-refractivity contribution in [2.24, 2.45) is 0 Å². The fourth-order valence-electron chi connectivity index (χ4n) is 2.33. The third kappa shape index (κ3) is 2.44. The summed E-state index contributed by atoms with van der Waals surface area (Å²) >= 11 is 0. The first-order chi connectivity index (χ1) is 9.26. The summed E-state index contributed by atoms with van der Waals surface area (Å²) in [6, 6.07) is 9.95. The Balaban J connectivity index is 1.83. The lowest BCUT2D eigenvalue weighted by Crippen LogP contribution is -2.32. The Bertz CT molecular complexity index is 577. The number of ether oxygens (including phenoxy) is 1. The summed E-state index contributed by atoms with van der Waals surface area (Å²) in [6.07, 6.45) is 0. The SMILES string of the molecule is Cc1ccc2c(c1)OCCN2Cc1ccc(CO)o1. The number of nitrogens with zero attached hydrogens (tertiary/aromatic N) is 1. The van der Waals surface area contributed by atoms with E-state index >= 15 is 0 Å². The van der Waals surface area contributed by atoms with Gasteiger partial charge in [0, 0.05) is 0 Å². The molecule has 19 heavy (non-hydrogen) atoms. The number of fused-ring (bicyclic) bond motifs is 1. The van der Waals surface area contributed by atoms with Crippen molar-refractivity contribution in [2.75, 3.05) is 18.1 Å². The molecule has 1 N–H and O–H groups in total. The molecule has 0 saturated carbocycles. The summed E-state index contributed by atoms with van der Waals surface area (Å²) < 4.78 is 11.2. The van der Waals surface area contributed by atoms with Gasteiger partial charge in [-0.2, -0.15) is 0 Å². The Labute approximate surface area is 112 Å². The number of rotatable bonds is 3. The number of aliphatic hydroxyl groups excluding tert-OH is 1. The molecule has 1 aliphatic heterocycles. The molecule has 1 aromatic carbocycles. The van der Waals surface area contributed by atoms with Crippen molar-refractivity contribution in [1.29, 1.82) is 0 Å². The molecule has 4 nitrogen and oxygen atoms in total. The van der Waals surface area contributed by atoms with Gasteiger partial charge in [-0.3, -0.25) is 0 Å². The summed E-state index contributed by atoms with van der Waals surface area (Å²) in [5, 5.41) is 9.02. The average Bonchev–Trinajstić information content (AvgIpc) is 2.86. The van der Waals surface area contributed by atoms with E-state index in [0.29, 0.717) is 18.9 Å². The molecule has 1 aromatic heterocycles. The second kappa shape index (κ2) is 4.97. The maximum Gasteiger partial charge on any atom is 0.142 e. The molecule has 0 saturated heterocycles. The van der Waals surface area contributed by atoms with Crippen molar-refractivity contribution in [3.63, 3.8) is 0 Å². The smallest absolute Gasteiger partial charge is 0.142 e. The highest BCUT2D eigenvalue weighted by atomic mass is 16.5. The molecular weight excluding hydrogens is 242 g/mol. The van der Waals surface area contributed by atoms with Crippen LogP contribution in [0.5, 0.6) is 5.75 Å². The Kier molecular flexibility index (Phi) is 3.17. The van der Waals surface area contributed by atoms with Crippen LogP contribution in [-0.2, 0) is 13.2 Å². The molecule has 2 heterocycles. The highest BCUT2D eigenvalue weighted by Crippen LogP contribution is 2.33. The molecule has 3 rings (SSSR count). The number of furan rings is 1. The maximum absolute atomic E-state index is 9.02. The van der Waals surface area contributed by atoms with Gasteiger partial charge in [-0.05, 0) is 36.8 Å². The Morgan fingerprint density at radius 2 is 2.05 bits per heavy atom.